The summed E-state index contributed by atoms with van der Waals surface area (Å²) in [6.45, 7) is 14.1. The van der Waals surface area contributed by atoms with Crippen molar-refractivity contribution in [3.05, 3.63) is 45.3 Å². The fourth-order valence-corrected chi connectivity index (χ4v) is 6.40. The summed E-state index contributed by atoms with van der Waals surface area (Å²) in [5, 5.41) is 0.435. The lowest BCUT2D eigenvalue weighted by Crippen LogP contribution is -2.44. The highest BCUT2D eigenvalue weighted by Crippen LogP contribution is 2.55. The molecule has 3 aliphatic rings. The summed E-state index contributed by atoms with van der Waals surface area (Å²) < 4.78 is 11.6. The van der Waals surface area contributed by atoms with Crippen LogP contribution in [0.3, 0.4) is 0 Å². The summed E-state index contributed by atoms with van der Waals surface area (Å²) in [6, 6.07) is 3.77. The Balaban J connectivity index is 1.98. The molecule has 0 spiro atoms. The fraction of sp³-hybridized carbons (Fsp3) is 0.600. The van der Waals surface area contributed by atoms with Crippen LogP contribution in [-0.4, -0.2) is 36.7 Å². The summed E-state index contributed by atoms with van der Waals surface area (Å²) in [7, 11) is 1.59. The Morgan fingerprint density at radius 3 is 1.94 bits per heavy atom. The molecule has 0 atom stereocenters. The summed E-state index contributed by atoms with van der Waals surface area (Å²) in [5.41, 5.74) is 4.22. The number of ether oxygens (including phenoxy) is 2. The van der Waals surface area contributed by atoms with Crippen molar-refractivity contribution in [3.8, 4) is 11.5 Å². The number of ketones is 2. The number of methoxy groups -OCH3 is 1. The fourth-order valence-electron chi connectivity index (χ4n) is 6.13. The van der Waals surface area contributed by atoms with Crippen molar-refractivity contribution in [1.82, 2.24) is 4.90 Å². The van der Waals surface area contributed by atoms with Crippen molar-refractivity contribution in [3.63, 3.8) is 0 Å². The summed E-state index contributed by atoms with van der Waals surface area (Å²) in [5.74, 6) is 0.833. The van der Waals surface area contributed by atoms with Gasteiger partial charge in [0, 0.05) is 47.8 Å². The van der Waals surface area contributed by atoms with Crippen LogP contribution in [0.4, 0.5) is 0 Å². The second-order valence-electron chi connectivity index (χ2n) is 12.1. The van der Waals surface area contributed by atoms with E-state index in [4.69, 9.17) is 21.1 Å². The molecule has 4 rings (SSSR count). The first-order valence-corrected chi connectivity index (χ1v) is 13.6. The van der Waals surface area contributed by atoms with E-state index in [1.165, 1.54) is 0 Å². The normalized spacial score (nSPS) is 21.5. The number of carbonyl (C=O) groups excluding carboxylic acids is 2. The number of hydrogen-bond acceptors (Lipinski definition) is 5. The van der Waals surface area contributed by atoms with Crippen molar-refractivity contribution < 1.29 is 19.1 Å². The molecular formula is C30H40ClNO4. The number of hydrogen-bond donors (Lipinski definition) is 0. The van der Waals surface area contributed by atoms with Gasteiger partial charge in [0.2, 0.25) is 0 Å². The minimum absolute atomic E-state index is 0.123. The van der Waals surface area contributed by atoms with Gasteiger partial charge in [-0.15, -0.1) is 0 Å². The second-order valence-corrected chi connectivity index (χ2v) is 12.5. The minimum Gasteiger partial charge on any atom is -0.493 e. The molecular weight excluding hydrogens is 474 g/mol. The molecule has 0 bridgehead atoms. The van der Waals surface area contributed by atoms with Crippen LogP contribution in [0, 0.1) is 10.8 Å². The molecule has 0 N–H and O–H groups in total. The molecule has 0 saturated carbocycles. The molecule has 1 aromatic rings. The van der Waals surface area contributed by atoms with E-state index in [1.807, 2.05) is 19.1 Å². The number of carbonyl (C=O) groups is 2. The third-order valence-corrected chi connectivity index (χ3v) is 7.79. The van der Waals surface area contributed by atoms with Gasteiger partial charge in [0.1, 0.15) is 0 Å². The molecule has 5 nitrogen and oxygen atoms in total. The lowest BCUT2D eigenvalue weighted by Gasteiger charge is -2.49. The zero-order valence-electron chi connectivity index (χ0n) is 22.8. The van der Waals surface area contributed by atoms with Crippen molar-refractivity contribution >= 4 is 23.2 Å². The molecule has 6 heteroatoms. The number of benzene rings is 1. The highest BCUT2D eigenvalue weighted by Gasteiger charge is 2.49. The van der Waals surface area contributed by atoms with Gasteiger partial charge >= 0.3 is 0 Å². The summed E-state index contributed by atoms with van der Waals surface area (Å²) in [4.78, 5) is 30.0. The van der Waals surface area contributed by atoms with Gasteiger partial charge in [-0.2, -0.15) is 0 Å². The van der Waals surface area contributed by atoms with Gasteiger partial charge in [0.15, 0.2) is 23.1 Å². The first-order valence-electron chi connectivity index (χ1n) is 13.2. The number of nitrogens with zero attached hydrogens (tertiary/aromatic N) is 1. The predicted molar refractivity (Wildman–Crippen MR) is 144 cm³/mol. The largest absolute Gasteiger partial charge is 0.493 e. The molecule has 0 amide bonds. The predicted octanol–water partition coefficient (Wildman–Crippen LogP) is 7.23. The molecule has 0 saturated heterocycles. The Morgan fingerprint density at radius 1 is 0.917 bits per heavy atom. The molecule has 0 aromatic heterocycles. The lowest BCUT2D eigenvalue weighted by atomic mass is 9.63. The number of allylic oxidation sites excluding steroid dienone is 4. The van der Waals surface area contributed by atoms with E-state index in [0.717, 1.165) is 60.3 Å². The van der Waals surface area contributed by atoms with E-state index >= 15 is 0 Å². The van der Waals surface area contributed by atoms with Crippen molar-refractivity contribution in [1.29, 1.82) is 0 Å². The van der Waals surface area contributed by atoms with Crippen LogP contribution >= 0.6 is 11.6 Å². The molecule has 1 aromatic carbocycles. The molecule has 1 heterocycles. The van der Waals surface area contributed by atoms with Gasteiger partial charge in [-0.3, -0.25) is 9.59 Å². The van der Waals surface area contributed by atoms with Crippen molar-refractivity contribution in [2.45, 2.75) is 86.0 Å². The quantitative estimate of drug-likeness (QED) is 0.385. The third kappa shape index (κ3) is 4.83. The van der Waals surface area contributed by atoms with E-state index in [1.54, 1.807) is 7.11 Å². The van der Waals surface area contributed by atoms with Crippen molar-refractivity contribution in [2.75, 3.05) is 20.3 Å². The number of halogens is 1. The Morgan fingerprint density at radius 2 is 1.47 bits per heavy atom. The average molecular weight is 514 g/mol. The van der Waals surface area contributed by atoms with Crippen molar-refractivity contribution in [2.24, 2.45) is 10.8 Å². The Kier molecular flexibility index (Phi) is 7.36. The molecule has 1 aliphatic heterocycles. The van der Waals surface area contributed by atoms with Crippen LogP contribution in [0.1, 0.15) is 91.5 Å². The molecule has 0 radical (unpaired) electrons. The molecule has 0 unspecified atom stereocenters. The summed E-state index contributed by atoms with van der Waals surface area (Å²) >= 11 is 6.74. The van der Waals surface area contributed by atoms with Crippen LogP contribution in [-0.2, 0) is 9.59 Å². The smallest absolute Gasteiger partial charge is 0.179 e. The van der Waals surface area contributed by atoms with Gasteiger partial charge in [0.05, 0.1) is 18.7 Å². The summed E-state index contributed by atoms with van der Waals surface area (Å²) in [6.07, 6.45) is 4.32. The van der Waals surface area contributed by atoms with Crippen LogP contribution in [0.15, 0.2) is 34.7 Å². The van der Waals surface area contributed by atoms with Gasteiger partial charge < -0.3 is 14.4 Å². The second kappa shape index (κ2) is 9.89. The van der Waals surface area contributed by atoms with Crippen LogP contribution < -0.4 is 9.47 Å². The zero-order valence-corrected chi connectivity index (χ0v) is 23.6. The SMILES string of the molecule is CCCOc1c(Cl)cc(C2C3=C(CC(C)(C)CC3=O)N(CCC)C3=C2C(=O)CC(C)(C)C3)cc1OC. The maximum absolute atomic E-state index is 13.8. The van der Waals surface area contributed by atoms with E-state index in [0.29, 0.717) is 36.0 Å². The highest BCUT2D eigenvalue weighted by molar-refractivity contribution is 6.32. The van der Waals surface area contributed by atoms with E-state index in [2.05, 4.69) is 39.5 Å². The van der Waals surface area contributed by atoms with Crippen LogP contribution in [0.5, 0.6) is 11.5 Å². The minimum atomic E-state index is -0.443. The van der Waals surface area contributed by atoms with Gasteiger partial charge in [0.25, 0.3) is 0 Å². The van der Waals surface area contributed by atoms with E-state index in [9.17, 15) is 9.59 Å². The zero-order chi connectivity index (χ0) is 26.4. The van der Waals surface area contributed by atoms with E-state index in [-0.39, 0.29) is 22.4 Å². The maximum atomic E-state index is 13.8. The molecule has 2 aliphatic carbocycles. The standard InChI is InChI=1S/C30H40ClNO4/c1-8-10-32-20-14-29(3,4)16-22(33)26(20)25(27-21(32)15-30(5,6)17-23(27)34)18-12-19(31)28(36-11-9-2)24(13-18)35-7/h12-13,25H,8-11,14-17H2,1-7H3. The van der Waals surface area contributed by atoms with Gasteiger partial charge in [-0.25, -0.2) is 0 Å². The third-order valence-electron chi connectivity index (χ3n) is 7.50. The molecule has 36 heavy (non-hydrogen) atoms. The first-order chi connectivity index (χ1) is 16.9. The Hall–Kier alpha value is -2.27. The first kappa shape index (κ1) is 26.8. The number of rotatable bonds is 7. The lowest BCUT2D eigenvalue weighted by molar-refractivity contribution is -0.119. The van der Waals surface area contributed by atoms with Gasteiger partial charge in [-0.1, -0.05) is 53.1 Å². The topological polar surface area (TPSA) is 55.8 Å². The highest BCUT2D eigenvalue weighted by atomic mass is 35.5. The number of Topliss-reactive ketones (excluding diaryl/α,β-unsaturated/α-hetero) is 2. The monoisotopic (exact) mass is 513 g/mol. The van der Waals surface area contributed by atoms with Crippen LogP contribution in [0.2, 0.25) is 5.02 Å². The average Bonchev–Trinajstić information content (AvgIpc) is 2.77. The maximum Gasteiger partial charge on any atom is 0.179 e. The van der Waals surface area contributed by atoms with Gasteiger partial charge in [-0.05, 0) is 54.2 Å². The molecule has 196 valence electrons. The Labute approximate surface area is 220 Å². The van der Waals surface area contributed by atoms with Crippen LogP contribution in [0.25, 0.3) is 0 Å². The molecule has 0 fully saturated rings. The Bertz CT molecular complexity index is 1090. The van der Waals surface area contributed by atoms with E-state index < -0.39 is 5.92 Å².